The van der Waals surface area contributed by atoms with Gasteiger partial charge in [-0.05, 0) is 9.13 Å². The van der Waals surface area contributed by atoms with Gasteiger partial charge < -0.3 is 14.9 Å². The molecule has 0 aromatic carbocycles. The minimum Gasteiger partial charge on any atom is -0.566 e. The van der Waals surface area contributed by atoms with Gasteiger partial charge in [0.2, 0.25) is 0 Å². The summed E-state index contributed by atoms with van der Waals surface area (Å²) in [4.78, 5) is 19.6. The minimum atomic E-state index is -3.23. The van der Waals surface area contributed by atoms with Crippen molar-refractivity contribution in [2.24, 2.45) is 0 Å². The van der Waals surface area contributed by atoms with E-state index >= 15 is 0 Å². The Balaban J connectivity index is 3.76. The average molecular weight is 202 g/mol. The van der Waals surface area contributed by atoms with Crippen LogP contribution in [0.3, 0.4) is 0 Å². The Kier molecular flexibility index (Phi) is 5.62. The molecule has 0 saturated heterocycles. The highest BCUT2D eigenvalue weighted by atomic mass is 31.1. The quantitative estimate of drug-likeness (QED) is 0.419. The van der Waals surface area contributed by atoms with Gasteiger partial charge in [-0.1, -0.05) is 0 Å². The van der Waals surface area contributed by atoms with E-state index in [-0.39, 0.29) is 0 Å². The molecule has 0 bridgehead atoms. The van der Waals surface area contributed by atoms with Crippen LogP contribution in [0.15, 0.2) is 0 Å². The number of hydrogen-bond donors (Lipinski definition) is 1. The van der Waals surface area contributed by atoms with E-state index in [0.29, 0.717) is 0 Å². The van der Waals surface area contributed by atoms with Gasteiger partial charge in [-0.3, -0.25) is 0 Å². The lowest BCUT2D eigenvalue weighted by atomic mass is 10.7. The monoisotopic (exact) mass is 202 g/mol. The zero-order chi connectivity index (χ0) is 8.85. The summed E-state index contributed by atoms with van der Waals surface area (Å²) in [5.41, 5.74) is 0. The zero-order valence-electron chi connectivity index (χ0n) is 5.08. The van der Waals surface area contributed by atoms with Crippen LogP contribution in [-0.2, 0) is 18.2 Å². The van der Waals surface area contributed by atoms with Crippen LogP contribution in [0.1, 0.15) is 0 Å². The lowest BCUT2D eigenvalue weighted by Crippen LogP contribution is -2.18. The number of aliphatic hydroxyl groups is 1. The van der Waals surface area contributed by atoms with Gasteiger partial charge >= 0.3 is 16.5 Å². The highest BCUT2D eigenvalue weighted by Gasteiger charge is 2.23. The van der Waals surface area contributed by atoms with E-state index in [1.807, 2.05) is 0 Å². The van der Waals surface area contributed by atoms with E-state index in [1.54, 1.807) is 0 Å². The second-order valence-corrected chi connectivity index (χ2v) is 2.59. The summed E-state index contributed by atoms with van der Waals surface area (Å²) in [5.74, 6) is 0. The second-order valence-electron chi connectivity index (χ2n) is 1.27. The molecule has 7 nitrogen and oxygen atoms in total. The van der Waals surface area contributed by atoms with Crippen molar-refractivity contribution in [2.75, 3.05) is 6.61 Å². The molecule has 0 heterocycles. The van der Waals surface area contributed by atoms with Crippen molar-refractivity contribution in [2.45, 2.75) is 6.29 Å². The normalized spacial score (nSPS) is 15.9. The average Bonchev–Trinajstić information content (AvgIpc) is 1.84. The third kappa shape index (κ3) is 6.40. The molecule has 9 heteroatoms. The number of aliphatic hydroxyl groups excluding tert-OH is 1. The molecule has 0 aromatic heterocycles. The summed E-state index contributed by atoms with van der Waals surface area (Å²) in [7, 11) is -6.46. The van der Waals surface area contributed by atoms with Gasteiger partial charge in [0.15, 0.2) is 0 Å². The molecule has 0 rings (SSSR count). The zero-order valence-corrected chi connectivity index (χ0v) is 6.86. The first-order chi connectivity index (χ1) is 5.06. The van der Waals surface area contributed by atoms with E-state index < -0.39 is 29.4 Å². The molecule has 0 spiro atoms. The maximum Gasteiger partial charge on any atom is 0.491 e. The summed E-state index contributed by atoms with van der Waals surface area (Å²) in [6, 6.07) is 0. The van der Waals surface area contributed by atoms with Crippen molar-refractivity contribution in [1.82, 2.24) is 0 Å². The molecular weight excluding hydrogens is 198 g/mol. The molecule has 0 saturated carbocycles. The molecular formula is C2H4O7P2. The predicted molar refractivity (Wildman–Crippen MR) is 28.3 cm³/mol. The van der Waals surface area contributed by atoms with Crippen molar-refractivity contribution in [3.05, 3.63) is 0 Å². The van der Waals surface area contributed by atoms with Crippen molar-refractivity contribution >= 4 is 16.5 Å². The molecule has 0 aliphatic carbocycles. The van der Waals surface area contributed by atoms with E-state index in [4.69, 9.17) is 5.11 Å². The largest absolute Gasteiger partial charge is 0.566 e. The van der Waals surface area contributed by atoms with Crippen LogP contribution >= 0.6 is 16.5 Å². The van der Waals surface area contributed by atoms with Gasteiger partial charge in [0, 0.05) is 0 Å². The Bertz CT molecular complexity index is 141. The first kappa shape index (κ1) is 11.0. The lowest BCUT2D eigenvalue weighted by Gasteiger charge is -2.00. The Hall–Kier alpha value is -0.0000000000000000486. The summed E-state index contributed by atoms with van der Waals surface area (Å²) >= 11 is 0. The number of rotatable bonds is 5. The molecule has 0 aliphatic rings. The lowest BCUT2D eigenvalue weighted by molar-refractivity contribution is -0.218. The third-order valence-electron chi connectivity index (χ3n) is 0.556. The fourth-order valence-electron chi connectivity index (χ4n) is 0.278. The fraction of sp³-hybridized carbons (Fsp3) is 1.00. The van der Waals surface area contributed by atoms with Crippen molar-refractivity contribution in [3.8, 4) is 0 Å². The summed E-state index contributed by atoms with van der Waals surface area (Å²) < 4.78 is 27.2. The van der Waals surface area contributed by atoms with E-state index in [0.717, 1.165) is 0 Å². The van der Waals surface area contributed by atoms with Crippen LogP contribution in [0.2, 0.25) is 0 Å². The molecule has 0 fully saturated rings. The molecule has 11 heavy (non-hydrogen) atoms. The Labute approximate surface area is 63.5 Å². The molecule has 0 amide bonds. The van der Waals surface area contributed by atoms with Gasteiger partial charge in [0.05, 0.1) is 0 Å². The highest BCUT2D eigenvalue weighted by Crippen LogP contribution is 2.20. The van der Waals surface area contributed by atoms with Crippen LogP contribution in [0, 0.1) is 0 Å². The molecule has 2 unspecified atom stereocenters. The smallest absolute Gasteiger partial charge is 0.491 e. The standard InChI is InChI=1S/C2H4O7P2/c3-1-2(8-10(4)5)9-11(6)7/h2-3H,1H2. The van der Waals surface area contributed by atoms with Crippen LogP contribution in [0.4, 0.5) is 0 Å². The topological polar surface area (TPSA) is 119 Å². The van der Waals surface area contributed by atoms with Crippen LogP contribution in [0.5, 0.6) is 0 Å². The van der Waals surface area contributed by atoms with Gasteiger partial charge in [-0.2, -0.15) is 0 Å². The summed E-state index contributed by atoms with van der Waals surface area (Å²) in [6.07, 6.45) is -1.67. The van der Waals surface area contributed by atoms with Crippen molar-refractivity contribution in [3.63, 3.8) is 0 Å². The highest BCUT2D eigenvalue weighted by molar-refractivity contribution is 7.31. The van der Waals surface area contributed by atoms with Gasteiger partial charge in [0.25, 0.3) is 6.29 Å². The van der Waals surface area contributed by atoms with E-state index in [2.05, 4.69) is 9.05 Å². The van der Waals surface area contributed by atoms with Crippen LogP contribution in [0.25, 0.3) is 0 Å². The maximum absolute atomic E-state index is 9.78. The summed E-state index contributed by atoms with van der Waals surface area (Å²) in [5, 5.41) is 8.24. The van der Waals surface area contributed by atoms with Crippen LogP contribution in [-0.4, -0.2) is 18.0 Å². The SMILES string of the molecule is O=[P+]([O-])OC(CO)O[P+](=O)[O-]. The van der Waals surface area contributed by atoms with Gasteiger partial charge in [0.1, 0.15) is 6.61 Å². The van der Waals surface area contributed by atoms with Gasteiger partial charge in [-0.25, -0.2) is 0 Å². The molecule has 64 valence electrons. The molecule has 0 aliphatic heterocycles. The first-order valence-corrected chi connectivity index (χ1v) is 4.48. The molecule has 0 radical (unpaired) electrons. The van der Waals surface area contributed by atoms with E-state index in [9.17, 15) is 18.9 Å². The van der Waals surface area contributed by atoms with E-state index in [1.165, 1.54) is 0 Å². The fourth-order valence-corrected chi connectivity index (χ4v) is 0.949. The van der Waals surface area contributed by atoms with Crippen molar-refractivity contribution < 1.29 is 33.1 Å². The Morgan fingerprint density at radius 1 is 1.27 bits per heavy atom. The van der Waals surface area contributed by atoms with Gasteiger partial charge in [-0.15, -0.1) is 9.05 Å². The second kappa shape index (κ2) is 5.62. The maximum atomic E-state index is 9.78. The third-order valence-corrected chi connectivity index (χ3v) is 1.37. The number of hydrogen-bond acceptors (Lipinski definition) is 7. The van der Waals surface area contributed by atoms with Crippen LogP contribution < -0.4 is 9.79 Å². The first-order valence-electron chi connectivity index (χ1n) is 2.29. The molecule has 1 N–H and O–H groups in total. The molecule has 0 aromatic rings. The Morgan fingerprint density at radius 3 is 1.82 bits per heavy atom. The molecule has 2 atom stereocenters. The van der Waals surface area contributed by atoms with Crippen molar-refractivity contribution in [1.29, 1.82) is 0 Å². The predicted octanol–water partition coefficient (Wildman–Crippen LogP) is -1.63. The Morgan fingerprint density at radius 2 is 1.64 bits per heavy atom. The minimum absolute atomic E-state index is 0.855. The summed E-state index contributed by atoms with van der Waals surface area (Å²) in [6.45, 7) is -0.855.